The summed E-state index contributed by atoms with van der Waals surface area (Å²) in [4.78, 5) is 0. The Labute approximate surface area is 122 Å². The second-order valence-electron chi connectivity index (χ2n) is 6.73. The van der Waals surface area contributed by atoms with E-state index in [1.165, 1.54) is 6.07 Å². The first-order valence-electron chi connectivity index (χ1n) is 7.35. The third-order valence-corrected chi connectivity index (χ3v) is 3.39. The van der Waals surface area contributed by atoms with E-state index >= 15 is 0 Å². The van der Waals surface area contributed by atoms with Gasteiger partial charge in [-0.1, -0.05) is 32.0 Å². The first-order valence-corrected chi connectivity index (χ1v) is 7.35. The molecule has 0 amide bonds. The van der Waals surface area contributed by atoms with E-state index in [0.29, 0.717) is 18.0 Å². The van der Waals surface area contributed by atoms with Gasteiger partial charge in [0.25, 0.3) is 0 Å². The van der Waals surface area contributed by atoms with Crippen LogP contribution in [0.15, 0.2) is 24.3 Å². The van der Waals surface area contributed by atoms with E-state index in [2.05, 4.69) is 39.9 Å². The van der Waals surface area contributed by atoms with E-state index in [-0.39, 0.29) is 23.6 Å². The van der Waals surface area contributed by atoms with Crippen LogP contribution >= 0.6 is 0 Å². The predicted molar refractivity (Wildman–Crippen MR) is 82.3 cm³/mol. The van der Waals surface area contributed by atoms with Gasteiger partial charge in [0.15, 0.2) is 0 Å². The summed E-state index contributed by atoms with van der Waals surface area (Å²) in [7, 11) is 0. The average molecular weight is 281 g/mol. The van der Waals surface area contributed by atoms with Gasteiger partial charge < -0.3 is 10.1 Å². The second kappa shape index (κ2) is 7.19. The number of hydrogen-bond donors (Lipinski definition) is 1. The molecule has 1 aromatic carbocycles. The first kappa shape index (κ1) is 17.1. The van der Waals surface area contributed by atoms with Crippen molar-refractivity contribution in [3.63, 3.8) is 0 Å². The lowest BCUT2D eigenvalue weighted by Gasteiger charge is -2.29. The molecule has 1 aromatic rings. The molecule has 0 spiro atoms. The van der Waals surface area contributed by atoms with Crippen LogP contribution in [0.1, 0.15) is 53.2 Å². The topological polar surface area (TPSA) is 21.3 Å². The maximum atomic E-state index is 14.0. The molecule has 20 heavy (non-hydrogen) atoms. The highest BCUT2D eigenvalue weighted by atomic mass is 19.1. The van der Waals surface area contributed by atoms with Crippen molar-refractivity contribution in [2.75, 3.05) is 6.54 Å². The minimum absolute atomic E-state index is 0.0199. The second-order valence-corrected chi connectivity index (χ2v) is 6.73. The number of halogens is 1. The molecular formula is C17H28FNO. The standard InChI is InChI=1S/C17H28FNO/c1-12(2)13(3)20-16(11-19-17(4,5)6)14-9-7-8-10-15(14)18/h7-10,12-13,16,19H,11H2,1-6H3. The van der Waals surface area contributed by atoms with Crippen LogP contribution in [0.4, 0.5) is 4.39 Å². The molecule has 0 aliphatic heterocycles. The minimum atomic E-state index is -0.271. The van der Waals surface area contributed by atoms with Gasteiger partial charge in [-0.3, -0.25) is 0 Å². The third-order valence-electron chi connectivity index (χ3n) is 3.39. The summed E-state index contributed by atoms with van der Waals surface area (Å²) in [5.74, 6) is 0.197. The summed E-state index contributed by atoms with van der Waals surface area (Å²) in [5, 5.41) is 3.40. The highest BCUT2D eigenvalue weighted by Gasteiger charge is 2.22. The molecule has 0 radical (unpaired) electrons. The maximum Gasteiger partial charge on any atom is 0.129 e. The van der Waals surface area contributed by atoms with Gasteiger partial charge in [-0.15, -0.1) is 0 Å². The van der Waals surface area contributed by atoms with Crippen molar-refractivity contribution in [3.8, 4) is 0 Å². The zero-order chi connectivity index (χ0) is 15.3. The van der Waals surface area contributed by atoms with Gasteiger partial charge in [-0.2, -0.15) is 0 Å². The van der Waals surface area contributed by atoms with Gasteiger partial charge in [-0.05, 0) is 39.7 Å². The van der Waals surface area contributed by atoms with E-state index in [0.717, 1.165) is 0 Å². The summed E-state index contributed by atoms with van der Waals surface area (Å²) in [5.41, 5.74) is 0.602. The molecular weight excluding hydrogens is 253 g/mol. The monoisotopic (exact) mass is 281 g/mol. The van der Waals surface area contributed by atoms with E-state index < -0.39 is 0 Å². The van der Waals surface area contributed by atoms with E-state index in [9.17, 15) is 4.39 Å². The zero-order valence-corrected chi connectivity index (χ0v) is 13.5. The Morgan fingerprint density at radius 1 is 1.15 bits per heavy atom. The Kier molecular flexibility index (Phi) is 6.15. The van der Waals surface area contributed by atoms with Crippen LogP contribution in [0.25, 0.3) is 0 Å². The van der Waals surface area contributed by atoms with Crippen LogP contribution in [0.5, 0.6) is 0 Å². The van der Waals surface area contributed by atoms with Gasteiger partial charge in [-0.25, -0.2) is 4.39 Å². The SMILES string of the molecule is CC(C)C(C)OC(CNC(C)(C)C)c1ccccc1F. The normalized spacial score (nSPS) is 15.4. The third kappa shape index (κ3) is 5.59. The molecule has 2 nitrogen and oxygen atoms in total. The van der Waals surface area contributed by atoms with Crippen molar-refractivity contribution in [2.24, 2.45) is 5.92 Å². The highest BCUT2D eigenvalue weighted by Crippen LogP contribution is 2.24. The predicted octanol–water partition coefficient (Wildman–Crippen LogP) is 4.32. The average Bonchev–Trinajstić information content (AvgIpc) is 2.34. The summed E-state index contributed by atoms with van der Waals surface area (Å²) in [6.07, 6.45) is -0.186. The number of hydrogen-bond acceptors (Lipinski definition) is 2. The fourth-order valence-electron chi connectivity index (χ4n) is 1.78. The molecule has 2 atom stereocenters. The van der Waals surface area contributed by atoms with Crippen LogP contribution in [0, 0.1) is 11.7 Å². The highest BCUT2D eigenvalue weighted by molar-refractivity contribution is 5.20. The van der Waals surface area contributed by atoms with Gasteiger partial charge in [0.2, 0.25) is 0 Å². The lowest BCUT2D eigenvalue weighted by molar-refractivity contribution is -0.0297. The molecule has 0 fully saturated rings. The summed E-state index contributed by atoms with van der Waals surface area (Å²) in [6.45, 7) is 13.1. The van der Waals surface area contributed by atoms with Crippen LogP contribution in [0.2, 0.25) is 0 Å². The Morgan fingerprint density at radius 2 is 1.75 bits per heavy atom. The van der Waals surface area contributed by atoms with Crippen LogP contribution < -0.4 is 5.32 Å². The Hall–Kier alpha value is -0.930. The lowest BCUT2D eigenvalue weighted by atomic mass is 10.0. The van der Waals surface area contributed by atoms with Crippen molar-refractivity contribution < 1.29 is 9.13 Å². The van der Waals surface area contributed by atoms with Gasteiger partial charge >= 0.3 is 0 Å². The van der Waals surface area contributed by atoms with Crippen molar-refractivity contribution in [3.05, 3.63) is 35.6 Å². The van der Waals surface area contributed by atoms with E-state index in [4.69, 9.17) is 4.74 Å². The van der Waals surface area contributed by atoms with Gasteiger partial charge in [0, 0.05) is 17.6 Å². The molecule has 0 saturated heterocycles. The van der Waals surface area contributed by atoms with Crippen LogP contribution in [0.3, 0.4) is 0 Å². The summed E-state index contributed by atoms with van der Waals surface area (Å²) >= 11 is 0. The molecule has 0 saturated carbocycles. The minimum Gasteiger partial charge on any atom is -0.369 e. The molecule has 0 bridgehead atoms. The van der Waals surface area contributed by atoms with Crippen molar-refractivity contribution in [2.45, 2.75) is 59.3 Å². The zero-order valence-electron chi connectivity index (χ0n) is 13.5. The van der Waals surface area contributed by atoms with Crippen molar-refractivity contribution in [1.82, 2.24) is 5.32 Å². The largest absolute Gasteiger partial charge is 0.369 e. The lowest BCUT2D eigenvalue weighted by Crippen LogP contribution is -2.40. The number of ether oxygens (including phenoxy) is 1. The molecule has 114 valence electrons. The fraction of sp³-hybridized carbons (Fsp3) is 0.647. The number of rotatable bonds is 6. The summed E-state index contributed by atoms with van der Waals surface area (Å²) in [6, 6.07) is 6.85. The molecule has 0 aromatic heterocycles. The van der Waals surface area contributed by atoms with Crippen molar-refractivity contribution in [1.29, 1.82) is 0 Å². The maximum absolute atomic E-state index is 14.0. The number of benzene rings is 1. The molecule has 1 rings (SSSR count). The Balaban J connectivity index is 2.87. The van der Waals surface area contributed by atoms with E-state index in [1.54, 1.807) is 12.1 Å². The fourth-order valence-corrected chi connectivity index (χ4v) is 1.78. The quantitative estimate of drug-likeness (QED) is 0.838. The molecule has 3 heteroatoms. The van der Waals surface area contributed by atoms with Gasteiger partial charge in [0.05, 0.1) is 12.2 Å². The number of nitrogens with one attached hydrogen (secondary N) is 1. The first-order chi connectivity index (χ1) is 9.20. The Morgan fingerprint density at radius 3 is 2.25 bits per heavy atom. The summed E-state index contributed by atoms with van der Waals surface area (Å²) < 4.78 is 20.1. The molecule has 0 aliphatic carbocycles. The Bertz CT molecular complexity index is 412. The van der Waals surface area contributed by atoms with E-state index in [1.807, 2.05) is 13.0 Å². The van der Waals surface area contributed by atoms with Crippen LogP contribution in [-0.4, -0.2) is 18.2 Å². The molecule has 1 N–H and O–H groups in total. The molecule has 0 aliphatic rings. The van der Waals surface area contributed by atoms with Crippen LogP contribution in [-0.2, 0) is 4.74 Å². The van der Waals surface area contributed by atoms with Gasteiger partial charge in [0.1, 0.15) is 5.82 Å². The molecule has 2 unspecified atom stereocenters. The van der Waals surface area contributed by atoms with Crippen molar-refractivity contribution >= 4 is 0 Å². The smallest absolute Gasteiger partial charge is 0.129 e. The molecule has 0 heterocycles.